The Balaban J connectivity index is 1.72. The average Bonchev–Trinajstić information content (AvgIpc) is 2.74. The smallest absolute Gasteiger partial charge is 0.0449 e. The highest BCUT2D eigenvalue weighted by Crippen LogP contribution is 2.31. The third-order valence-electron chi connectivity index (χ3n) is 4.92. The molecule has 1 aliphatic carbocycles. The highest BCUT2D eigenvalue weighted by atomic mass is 15.2. The summed E-state index contributed by atoms with van der Waals surface area (Å²) in [4.78, 5) is 2.76. The van der Waals surface area contributed by atoms with Gasteiger partial charge < -0.3 is 5.32 Å². The lowest BCUT2D eigenvalue weighted by Crippen LogP contribution is -2.40. The summed E-state index contributed by atoms with van der Waals surface area (Å²) in [5.41, 5.74) is 1.44. The van der Waals surface area contributed by atoms with E-state index in [4.69, 9.17) is 0 Å². The fraction of sp³-hybridized carbons (Fsp3) is 0.647. The molecule has 104 valence electrons. The average molecular weight is 258 g/mol. The Hall–Kier alpha value is -0.860. The maximum absolute atomic E-state index is 3.72. The molecule has 1 heterocycles. The number of rotatable bonds is 2. The second kappa shape index (κ2) is 6.06. The predicted molar refractivity (Wildman–Crippen MR) is 80.2 cm³/mol. The van der Waals surface area contributed by atoms with Crippen molar-refractivity contribution in [2.75, 3.05) is 19.6 Å². The molecule has 1 aromatic rings. The Morgan fingerprint density at radius 2 is 1.95 bits per heavy atom. The van der Waals surface area contributed by atoms with E-state index in [1.54, 1.807) is 0 Å². The van der Waals surface area contributed by atoms with Crippen LogP contribution in [0.1, 0.15) is 44.2 Å². The van der Waals surface area contributed by atoms with E-state index in [-0.39, 0.29) is 0 Å². The predicted octanol–water partition coefficient (Wildman–Crippen LogP) is 3.21. The number of benzene rings is 1. The van der Waals surface area contributed by atoms with E-state index in [1.807, 2.05) is 0 Å². The van der Waals surface area contributed by atoms with Gasteiger partial charge in [0, 0.05) is 18.6 Å². The summed E-state index contributed by atoms with van der Waals surface area (Å²) in [6.45, 7) is 6.04. The van der Waals surface area contributed by atoms with Gasteiger partial charge in [0.05, 0.1) is 0 Å². The van der Waals surface area contributed by atoms with Crippen LogP contribution in [0, 0.1) is 5.92 Å². The number of hydrogen-bond donors (Lipinski definition) is 1. The molecule has 1 aliphatic heterocycles. The van der Waals surface area contributed by atoms with Crippen LogP contribution in [-0.4, -0.2) is 30.6 Å². The van der Waals surface area contributed by atoms with E-state index in [2.05, 4.69) is 47.5 Å². The molecule has 2 aliphatic rings. The van der Waals surface area contributed by atoms with Gasteiger partial charge in [0.1, 0.15) is 0 Å². The van der Waals surface area contributed by atoms with E-state index >= 15 is 0 Å². The molecule has 19 heavy (non-hydrogen) atoms. The molecule has 1 N–H and O–H groups in total. The minimum Gasteiger partial charge on any atom is -0.309 e. The normalized spacial score (nSPS) is 33.2. The van der Waals surface area contributed by atoms with Gasteiger partial charge >= 0.3 is 0 Å². The summed E-state index contributed by atoms with van der Waals surface area (Å²) < 4.78 is 0. The van der Waals surface area contributed by atoms with E-state index in [0.29, 0.717) is 6.04 Å². The molecule has 3 rings (SSSR count). The van der Waals surface area contributed by atoms with Crippen LogP contribution in [0.25, 0.3) is 0 Å². The quantitative estimate of drug-likeness (QED) is 0.876. The van der Waals surface area contributed by atoms with E-state index in [1.165, 1.54) is 44.3 Å². The first kappa shape index (κ1) is 13.1. The van der Waals surface area contributed by atoms with Crippen molar-refractivity contribution < 1.29 is 0 Å². The maximum atomic E-state index is 3.72. The van der Waals surface area contributed by atoms with Gasteiger partial charge in [-0.1, -0.05) is 43.7 Å². The molecule has 2 heteroatoms. The van der Waals surface area contributed by atoms with Gasteiger partial charge in [0.15, 0.2) is 0 Å². The highest BCUT2D eigenvalue weighted by Gasteiger charge is 2.31. The van der Waals surface area contributed by atoms with E-state index in [0.717, 1.165) is 18.5 Å². The van der Waals surface area contributed by atoms with Gasteiger partial charge in [-0.05, 0) is 43.8 Å². The maximum Gasteiger partial charge on any atom is 0.0449 e. The zero-order chi connectivity index (χ0) is 13.1. The van der Waals surface area contributed by atoms with Crippen LogP contribution in [0.4, 0.5) is 0 Å². The Morgan fingerprint density at radius 3 is 2.68 bits per heavy atom. The lowest BCUT2D eigenvalue weighted by molar-refractivity contribution is 0.163. The van der Waals surface area contributed by atoms with Gasteiger partial charge in [0.2, 0.25) is 0 Å². The molecular weight excluding hydrogens is 232 g/mol. The Bertz CT molecular complexity index is 390. The van der Waals surface area contributed by atoms with Crippen LogP contribution < -0.4 is 5.32 Å². The SMILES string of the molecule is CC1CCCC1N1CCCNC(c2ccccc2)C1. The zero-order valence-corrected chi connectivity index (χ0v) is 12.0. The summed E-state index contributed by atoms with van der Waals surface area (Å²) in [6.07, 6.45) is 5.53. The van der Waals surface area contributed by atoms with Crippen molar-refractivity contribution in [1.29, 1.82) is 0 Å². The first-order valence-electron chi connectivity index (χ1n) is 7.87. The minimum absolute atomic E-state index is 0.511. The summed E-state index contributed by atoms with van der Waals surface area (Å²) in [5, 5.41) is 3.72. The first-order valence-corrected chi connectivity index (χ1v) is 7.87. The molecular formula is C17H26N2. The van der Waals surface area contributed by atoms with Crippen LogP contribution in [0.15, 0.2) is 30.3 Å². The Kier molecular flexibility index (Phi) is 4.19. The van der Waals surface area contributed by atoms with Crippen LogP contribution in [0.3, 0.4) is 0 Å². The third-order valence-corrected chi connectivity index (χ3v) is 4.92. The largest absolute Gasteiger partial charge is 0.309 e. The number of hydrogen-bond acceptors (Lipinski definition) is 2. The molecule has 0 bridgehead atoms. The van der Waals surface area contributed by atoms with Gasteiger partial charge in [-0.2, -0.15) is 0 Å². The standard InChI is InChI=1S/C17H26N2/c1-14-7-5-10-17(14)19-12-6-11-18-16(13-19)15-8-3-2-4-9-15/h2-4,8-9,14,16-18H,5-7,10-13H2,1H3. The van der Waals surface area contributed by atoms with Crippen molar-refractivity contribution in [2.45, 2.75) is 44.7 Å². The zero-order valence-electron chi connectivity index (χ0n) is 12.0. The van der Waals surface area contributed by atoms with Crippen LogP contribution in [0.5, 0.6) is 0 Å². The topological polar surface area (TPSA) is 15.3 Å². The Labute approximate surface area is 117 Å². The van der Waals surface area contributed by atoms with Gasteiger partial charge in [-0.15, -0.1) is 0 Å². The Morgan fingerprint density at radius 1 is 1.11 bits per heavy atom. The second-order valence-electron chi connectivity index (χ2n) is 6.24. The lowest BCUT2D eigenvalue weighted by Gasteiger charge is -2.32. The molecule has 0 radical (unpaired) electrons. The molecule has 1 aromatic carbocycles. The van der Waals surface area contributed by atoms with Gasteiger partial charge in [0.25, 0.3) is 0 Å². The van der Waals surface area contributed by atoms with Gasteiger partial charge in [-0.3, -0.25) is 4.90 Å². The molecule has 2 fully saturated rings. The molecule has 0 aromatic heterocycles. The van der Waals surface area contributed by atoms with Crippen molar-refractivity contribution >= 4 is 0 Å². The van der Waals surface area contributed by atoms with Crippen molar-refractivity contribution in [3.63, 3.8) is 0 Å². The monoisotopic (exact) mass is 258 g/mol. The molecule has 2 nitrogen and oxygen atoms in total. The van der Waals surface area contributed by atoms with E-state index < -0.39 is 0 Å². The summed E-state index contributed by atoms with van der Waals surface area (Å²) in [5.74, 6) is 0.884. The minimum atomic E-state index is 0.511. The van der Waals surface area contributed by atoms with Gasteiger partial charge in [-0.25, -0.2) is 0 Å². The van der Waals surface area contributed by atoms with Crippen molar-refractivity contribution in [1.82, 2.24) is 10.2 Å². The fourth-order valence-corrected chi connectivity index (χ4v) is 3.83. The lowest BCUT2D eigenvalue weighted by atomic mass is 10.0. The van der Waals surface area contributed by atoms with Crippen LogP contribution >= 0.6 is 0 Å². The van der Waals surface area contributed by atoms with Crippen molar-refractivity contribution in [2.24, 2.45) is 5.92 Å². The van der Waals surface area contributed by atoms with Crippen molar-refractivity contribution in [3.05, 3.63) is 35.9 Å². The fourth-order valence-electron chi connectivity index (χ4n) is 3.83. The first-order chi connectivity index (χ1) is 9.34. The number of nitrogens with one attached hydrogen (secondary N) is 1. The summed E-state index contributed by atoms with van der Waals surface area (Å²) in [6, 6.07) is 12.3. The highest BCUT2D eigenvalue weighted by molar-refractivity contribution is 5.19. The number of nitrogens with zero attached hydrogens (tertiary/aromatic N) is 1. The molecule has 1 saturated heterocycles. The second-order valence-corrected chi connectivity index (χ2v) is 6.24. The van der Waals surface area contributed by atoms with Crippen LogP contribution in [0.2, 0.25) is 0 Å². The third kappa shape index (κ3) is 3.01. The molecule has 0 amide bonds. The summed E-state index contributed by atoms with van der Waals surface area (Å²) >= 11 is 0. The molecule has 3 unspecified atom stereocenters. The molecule has 1 saturated carbocycles. The summed E-state index contributed by atoms with van der Waals surface area (Å²) in [7, 11) is 0. The van der Waals surface area contributed by atoms with Crippen molar-refractivity contribution in [3.8, 4) is 0 Å². The van der Waals surface area contributed by atoms with E-state index in [9.17, 15) is 0 Å². The molecule has 3 atom stereocenters. The van der Waals surface area contributed by atoms with Crippen LogP contribution in [-0.2, 0) is 0 Å². The molecule has 0 spiro atoms.